The van der Waals surface area contributed by atoms with Crippen LogP contribution in [0.15, 0.2) is 30.3 Å². The molecule has 0 aliphatic carbocycles. The van der Waals surface area contributed by atoms with Crippen molar-refractivity contribution in [2.24, 2.45) is 5.92 Å². The molecule has 2 fully saturated rings. The summed E-state index contributed by atoms with van der Waals surface area (Å²) in [5.74, 6) is -1.35. The molecule has 1 aromatic carbocycles. The normalized spacial score (nSPS) is 22.8. The van der Waals surface area contributed by atoms with Gasteiger partial charge < -0.3 is 25.5 Å². The zero-order chi connectivity index (χ0) is 18.5. The van der Waals surface area contributed by atoms with Crippen molar-refractivity contribution in [2.45, 2.75) is 25.3 Å². The predicted molar refractivity (Wildman–Crippen MR) is 95.9 cm³/mol. The molecule has 8 nitrogen and oxygen atoms in total. The number of benzene rings is 1. The summed E-state index contributed by atoms with van der Waals surface area (Å²) in [5.41, 5.74) is 0.734. The average Bonchev–Trinajstić information content (AvgIpc) is 3.11. The highest BCUT2D eigenvalue weighted by molar-refractivity contribution is 5.89. The van der Waals surface area contributed by atoms with Gasteiger partial charge >= 0.3 is 18.0 Å². The number of anilines is 1. The Bertz CT molecular complexity index is 666. The Labute approximate surface area is 152 Å². The highest BCUT2D eigenvalue weighted by Gasteiger charge is 2.31. The van der Waals surface area contributed by atoms with Gasteiger partial charge in [0.2, 0.25) is 0 Å². The number of nitrogens with one attached hydrogen (secondary N) is 2. The van der Waals surface area contributed by atoms with E-state index < -0.39 is 11.9 Å². The number of rotatable bonds is 3. The number of likely N-dealkylation sites (tertiary alicyclic amines) is 2. The maximum absolute atomic E-state index is 12.4. The minimum absolute atomic E-state index is 0.116. The molecule has 2 aliphatic heterocycles. The lowest BCUT2D eigenvalue weighted by Gasteiger charge is -2.31. The summed E-state index contributed by atoms with van der Waals surface area (Å²) in [6, 6.07) is 8.69. The fraction of sp³-hybridized carbons (Fsp3) is 0.500. The number of urea groups is 2. The van der Waals surface area contributed by atoms with Gasteiger partial charge in [-0.3, -0.25) is 4.79 Å². The van der Waals surface area contributed by atoms with Crippen molar-refractivity contribution in [3.05, 3.63) is 30.3 Å². The minimum atomic E-state index is -0.855. The number of aliphatic carboxylic acids is 1. The van der Waals surface area contributed by atoms with Crippen LogP contribution in [0.5, 0.6) is 0 Å². The van der Waals surface area contributed by atoms with Crippen LogP contribution in [0.2, 0.25) is 0 Å². The van der Waals surface area contributed by atoms with Crippen LogP contribution in [0.3, 0.4) is 0 Å². The first kappa shape index (κ1) is 18.0. The van der Waals surface area contributed by atoms with E-state index in [9.17, 15) is 14.4 Å². The largest absolute Gasteiger partial charge is 0.481 e. The second-order valence-corrected chi connectivity index (χ2v) is 6.80. The third-order valence-corrected chi connectivity index (χ3v) is 4.89. The predicted octanol–water partition coefficient (Wildman–Crippen LogP) is 1.80. The van der Waals surface area contributed by atoms with Crippen LogP contribution in [0.1, 0.15) is 19.3 Å². The SMILES string of the molecule is O=C(O)C1CCCN(C(=O)NC2CCN(C(=O)Nc3ccccc3)C2)C1. The Balaban J connectivity index is 1.47. The van der Waals surface area contributed by atoms with Crippen molar-refractivity contribution >= 4 is 23.7 Å². The molecular weight excluding hydrogens is 336 g/mol. The number of amides is 4. The third-order valence-electron chi connectivity index (χ3n) is 4.89. The van der Waals surface area contributed by atoms with Gasteiger partial charge in [-0.05, 0) is 31.4 Å². The average molecular weight is 360 g/mol. The van der Waals surface area contributed by atoms with Crippen molar-refractivity contribution in [3.8, 4) is 0 Å². The first-order chi connectivity index (χ1) is 12.5. The molecule has 0 radical (unpaired) electrons. The summed E-state index contributed by atoms with van der Waals surface area (Å²) in [6.45, 7) is 1.83. The summed E-state index contributed by atoms with van der Waals surface area (Å²) in [6.07, 6.45) is 1.99. The molecular formula is C18H24N4O4. The summed E-state index contributed by atoms with van der Waals surface area (Å²) >= 11 is 0. The summed E-state index contributed by atoms with van der Waals surface area (Å²) < 4.78 is 0. The molecule has 0 bridgehead atoms. The van der Waals surface area contributed by atoms with Gasteiger partial charge in [-0.25, -0.2) is 9.59 Å². The van der Waals surface area contributed by atoms with Gasteiger partial charge in [0.15, 0.2) is 0 Å². The number of carboxylic acids is 1. The van der Waals surface area contributed by atoms with Crippen molar-refractivity contribution in [1.29, 1.82) is 0 Å². The summed E-state index contributed by atoms with van der Waals surface area (Å²) in [7, 11) is 0. The molecule has 140 valence electrons. The number of carbonyl (C=O) groups is 3. The number of carbonyl (C=O) groups excluding carboxylic acids is 2. The van der Waals surface area contributed by atoms with Crippen LogP contribution in [0.25, 0.3) is 0 Å². The van der Waals surface area contributed by atoms with Crippen LogP contribution in [-0.4, -0.2) is 65.2 Å². The maximum atomic E-state index is 12.4. The molecule has 2 unspecified atom stereocenters. The Morgan fingerprint density at radius 2 is 1.69 bits per heavy atom. The molecule has 3 rings (SSSR count). The zero-order valence-electron chi connectivity index (χ0n) is 14.6. The van der Waals surface area contributed by atoms with Gasteiger partial charge in [0, 0.05) is 37.9 Å². The molecule has 0 aromatic heterocycles. The molecule has 2 heterocycles. The van der Waals surface area contributed by atoms with E-state index in [0.717, 1.165) is 5.69 Å². The maximum Gasteiger partial charge on any atom is 0.321 e. The topological polar surface area (TPSA) is 102 Å². The Morgan fingerprint density at radius 1 is 0.962 bits per heavy atom. The van der Waals surface area contributed by atoms with Crippen LogP contribution in [0, 0.1) is 5.92 Å². The highest BCUT2D eigenvalue weighted by atomic mass is 16.4. The van der Waals surface area contributed by atoms with Crippen LogP contribution in [0.4, 0.5) is 15.3 Å². The molecule has 3 N–H and O–H groups in total. The molecule has 4 amide bonds. The Kier molecular flexibility index (Phi) is 5.60. The first-order valence-electron chi connectivity index (χ1n) is 8.92. The lowest BCUT2D eigenvalue weighted by Crippen LogP contribution is -2.50. The smallest absolute Gasteiger partial charge is 0.321 e. The number of nitrogens with zero attached hydrogens (tertiary/aromatic N) is 2. The van der Waals surface area contributed by atoms with E-state index in [1.54, 1.807) is 9.80 Å². The molecule has 8 heteroatoms. The van der Waals surface area contributed by atoms with E-state index in [2.05, 4.69) is 10.6 Å². The van der Waals surface area contributed by atoms with E-state index in [1.807, 2.05) is 30.3 Å². The molecule has 2 aliphatic rings. The van der Waals surface area contributed by atoms with Crippen molar-refractivity contribution in [1.82, 2.24) is 15.1 Å². The van der Waals surface area contributed by atoms with Gasteiger partial charge in [0.25, 0.3) is 0 Å². The zero-order valence-corrected chi connectivity index (χ0v) is 14.6. The lowest BCUT2D eigenvalue weighted by atomic mass is 9.99. The number of piperidine rings is 1. The number of carboxylic acid groups (broad SMARTS) is 1. The number of hydrogen-bond donors (Lipinski definition) is 3. The summed E-state index contributed by atoms with van der Waals surface area (Å²) in [5, 5.41) is 14.9. The standard InChI is InChI=1S/C18H24N4O4/c23-16(24)13-5-4-9-21(11-13)18(26)20-15-8-10-22(12-15)17(25)19-14-6-2-1-3-7-14/h1-3,6-7,13,15H,4-5,8-12H2,(H,19,25)(H,20,26)(H,23,24). The first-order valence-corrected chi connectivity index (χ1v) is 8.92. The lowest BCUT2D eigenvalue weighted by molar-refractivity contribution is -0.143. The van der Waals surface area contributed by atoms with Crippen molar-refractivity contribution < 1.29 is 19.5 Å². The molecule has 26 heavy (non-hydrogen) atoms. The Morgan fingerprint density at radius 3 is 2.42 bits per heavy atom. The van der Waals surface area contributed by atoms with E-state index in [1.165, 1.54) is 0 Å². The van der Waals surface area contributed by atoms with Gasteiger partial charge in [-0.1, -0.05) is 18.2 Å². The van der Waals surface area contributed by atoms with Gasteiger partial charge in [-0.2, -0.15) is 0 Å². The van der Waals surface area contributed by atoms with Crippen molar-refractivity contribution in [2.75, 3.05) is 31.5 Å². The second kappa shape index (κ2) is 8.07. The van der Waals surface area contributed by atoms with Gasteiger partial charge in [0.1, 0.15) is 0 Å². The van der Waals surface area contributed by atoms with Gasteiger partial charge in [-0.15, -0.1) is 0 Å². The summed E-state index contributed by atoms with van der Waals surface area (Å²) in [4.78, 5) is 39.0. The fourth-order valence-electron chi connectivity index (χ4n) is 3.42. The third kappa shape index (κ3) is 4.44. The van der Waals surface area contributed by atoms with E-state index in [4.69, 9.17) is 5.11 Å². The highest BCUT2D eigenvalue weighted by Crippen LogP contribution is 2.18. The van der Waals surface area contributed by atoms with Crippen LogP contribution in [-0.2, 0) is 4.79 Å². The second-order valence-electron chi connectivity index (χ2n) is 6.80. The Hall–Kier alpha value is -2.77. The molecule has 0 saturated carbocycles. The van der Waals surface area contributed by atoms with Crippen LogP contribution < -0.4 is 10.6 Å². The van der Waals surface area contributed by atoms with E-state index >= 15 is 0 Å². The van der Waals surface area contributed by atoms with E-state index in [0.29, 0.717) is 38.9 Å². The molecule has 2 atom stereocenters. The number of para-hydroxylation sites is 1. The minimum Gasteiger partial charge on any atom is -0.481 e. The molecule has 1 aromatic rings. The van der Waals surface area contributed by atoms with Crippen molar-refractivity contribution in [3.63, 3.8) is 0 Å². The van der Waals surface area contributed by atoms with Crippen LogP contribution >= 0.6 is 0 Å². The van der Waals surface area contributed by atoms with E-state index in [-0.39, 0.29) is 24.6 Å². The monoisotopic (exact) mass is 360 g/mol. The molecule has 0 spiro atoms. The number of hydrogen-bond acceptors (Lipinski definition) is 3. The molecule has 2 saturated heterocycles. The fourth-order valence-corrected chi connectivity index (χ4v) is 3.42. The quantitative estimate of drug-likeness (QED) is 0.765. The van der Waals surface area contributed by atoms with Gasteiger partial charge in [0.05, 0.1) is 5.92 Å².